The van der Waals surface area contributed by atoms with Crippen LogP contribution in [-0.2, 0) is 9.84 Å². The molecule has 0 bridgehead atoms. The number of ether oxygens (including phenoxy) is 1. The van der Waals surface area contributed by atoms with Gasteiger partial charge in [0, 0.05) is 24.3 Å². The lowest BCUT2D eigenvalue weighted by molar-refractivity contribution is 0.0997. The summed E-state index contributed by atoms with van der Waals surface area (Å²) in [6, 6.07) is 13.1. The zero-order valence-electron chi connectivity index (χ0n) is 19.6. The fraction of sp³-hybridized carbons (Fsp3) is 0.320. The van der Waals surface area contributed by atoms with Crippen LogP contribution in [0.1, 0.15) is 43.1 Å². The number of carbonyl (C=O) groups is 1. The van der Waals surface area contributed by atoms with E-state index in [9.17, 15) is 13.2 Å². The molecule has 0 radical (unpaired) electrons. The minimum absolute atomic E-state index is 0.120. The molecule has 1 aliphatic heterocycles. The third kappa shape index (κ3) is 4.48. The number of aromatic nitrogens is 2. The predicted octanol–water partition coefficient (Wildman–Crippen LogP) is 4.13. The summed E-state index contributed by atoms with van der Waals surface area (Å²) >= 11 is 0. The summed E-state index contributed by atoms with van der Waals surface area (Å²) in [5, 5.41) is -0.245. The molecule has 4 rings (SSSR count). The second-order valence-corrected chi connectivity index (χ2v) is 11.2. The molecule has 1 unspecified atom stereocenters. The number of sulfone groups is 1. The number of anilines is 1. The number of primary amides is 1. The van der Waals surface area contributed by atoms with Crippen molar-refractivity contribution in [3.05, 3.63) is 65.9 Å². The summed E-state index contributed by atoms with van der Waals surface area (Å²) in [4.78, 5) is 22.9. The molecule has 3 aromatic rings. The van der Waals surface area contributed by atoms with Gasteiger partial charge in [-0.25, -0.2) is 18.4 Å². The number of aryl methyl sites for hydroxylation is 1. The Morgan fingerprint density at radius 1 is 1.15 bits per heavy atom. The Balaban J connectivity index is 1.77. The van der Waals surface area contributed by atoms with E-state index in [4.69, 9.17) is 10.5 Å². The van der Waals surface area contributed by atoms with Gasteiger partial charge in [0.15, 0.2) is 5.03 Å². The molecule has 3 heterocycles. The van der Waals surface area contributed by atoms with Gasteiger partial charge in [0.25, 0.3) is 5.91 Å². The van der Waals surface area contributed by atoms with Crippen LogP contribution in [0.5, 0.6) is 11.6 Å². The molecule has 1 fully saturated rings. The molecule has 1 aromatic carbocycles. The molecule has 2 N–H and O–H groups in total. The van der Waals surface area contributed by atoms with E-state index in [1.54, 1.807) is 24.3 Å². The van der Waals surface area contributed by atoms with Crippen molar-refractivity contribution in [2.24, 2.45) is 11.7 Å². The van der Waals surface area contributed by atoms with Crippen molar-refractivity contribution in [1.82, 2.24) is 9.97 Å². The lowest BCUT2D eigenvalue weighted by Gasteiger charge is -2.33. The van der Waals surface area contributed by atoms with E-state index < -0.39 is 15.7 Å². The molecule has 1 aliphatic rings. The summed E-state index contributed by atoms with van der Waals surface area (Å²) in [6.45, 7) is 8.78. The second kappa shape index (κ2) is 8.72. The summed E-state index contributed by atoms with van der Waals surface area (Å²) in [7, 11) is -4.20. The third-order valence-corrected chi connectivity index (χ3v) is 7.67. The Kier molecular flexibility index (Phi) is 6.07. The first kappa shape index (κ1) is 23.7. The minimum atomic E-state index is -4.20. The molecule has 0 spiro atoms. The molecule has 0 aliphatic carbocycles. The fourth-order valence-corrected chi connectivity index (χ4v) is 5.89. The molecular weight excluding hydrogens is 452 g/mol. The maximum atomic E-state index is 13.6. The zero-order valence-corrected chi connectivity index (χ0v) is 20.5. The van der Waals surface area contributed by atoms with Gasteiger partial charge in [0.05, 0.1) is 4.90 Å². The standard InChI is InChI=1S/C25H28N4O4S/c1-16-8-10-18(11-9-16)33-20-6-5-7-21(28-20)34(31,32)19-12-13-27-24(22(19)23(26)30)29-15-17(2)14-25(29,3)4/h5-13,17H,14-15H2,1-4H3,(H2,26,30). The van der Waals surface area contributed by atoms with Crippen LogP contribution in [0.15, 0.2) is 64.6 Å². The van der Waals surface area contributed by atoms with Crippen LogP contribution < -0.4 is 15.4 Å². The van der Waals surface area contributed by atoms with Gasteiger partial charge in [0.2, 0.25) is 15.7 Å². The van der Waals surface area contributed by atoms with Crippen molar-refractivity contribution < 1.29 is 17.9 Å². The first-order chi connectivity index (χ1) is 16.0. The largest absolute Gasteiger partial charge is 0.439 e. The lowest BCUT2D eigenvalue weighted by atomic mass is 9.97. The molecule has 1 atom stereocenters. The van der Waals surface area contributed by atoms with Gasteiger partial charge in [0.1, 0.15) is 17.1 Å². The topological polar surface area (TPSA) is 115 Å². The average molecular weight is 481 g/mol. The molecule has 34 heavy (non-hydrogen) atoms. The molecule has 8 nitrogen and oxygen atoms in total. The van der Waals surface area contributed by atoms with Gasteiger partial charge in [-0.1, -0.05) is 30.7 Å². The van der Waals surface area contributed by atoms with Crippen molar-refractivity contribution in [3.8, 4) is 11.6 Å². The Morgan fingerprint density at radius 3 is 2.47 bits per heavy atom. The first-order valence-electron chi connectivity index (χ1n) is 11.0. The lowest BCUT2D eigenvalue weighted by Crippen LogP contribution is -2.40. The first-order valence-corrected chi connectivity index (χ1v) is 12.5. The molecule has 178 valence electrons. The smallest absolute Gasteiger partial charge is 0.253 e. The number of amides is 1. The van der Waals surface area contributed by atoms with E-state index in [2.05, 4.69) is 16.9 Å². The molecule has 9 heteroatoms. The van der Waals surface area contributed by atoms with E-state index in [1.165, 1.54) is 18.3 Å². The van der Waals surface area contributed by atoms with E-state index in [1.807, 2.05) is 37.8 Å². The van der Waals surface area contributed by atoms with Gasteiger partial charge in [-0.15, -0.1) is 0 Å². The van der Waals surface area contributed by atoms with Gasteiger partial charge in [-0.2, -0.15) is 0 Å². The van der Waals surface area contributed by atoms with E-state index in [0.717, 1.165) is 12.0 Å². The SMILES string of the molecule is Cc1ccc(Oc2cccc(S(=O)(=O)c3ccnc(N4CC(C)CC4(C)C)c3C(N)=O)n2)cc1. The van der Waals surface area contributed by atoms with Crippen molar-refractivity contribution >= 4 is 21.6 Å². The van der Waals surface area contributed by atoms with Crippen LogP contribution in [0.25, 0.3) is 0 Å². The van der Waals surface area contributed by atoms with Crippen molar-refractivity contribution in [1.29, 1.82) is 0 Å². The highest BCUT2D eigenvalue weighted by Gasteiger charge is 2.40. The molecule has 2 aromatic heterocycles. The highest BCUT2D eigenvalue weighted by molar-refractivity contribution is 7.91. The predicted molar refractivity (Wildman–Crippen MR) is 129 cm³/mol. The Hall–Kier alpha value is -3.46. The number of hydrogen-bond acceptors (Lipinski definition) is 7. The monoisotopic (exact) mass is 480 g/mol. The van der Waals surface area contributed by atoms with Crippen LogP contribution in [0, 0.1) is 12.8 Å². The molecule has 1 amide bonds. The highest BCUT2D eigenvalue weighted by atomic mass is 32.2. The minimum Gasteiger partial charge on any atom is -0.439 e. The summed E-state index contributed by atoms with van der Waals surface area (Å²) in [6.07, 6.45) is 2.27. The Morgan fingerprint density at radius 2 is 1.85 bits per heavy atom. The van der Waals surface area contributed by atoms with Crippen LogP contribution in [-0.4, -0.2) is 36.4 Å². The Bertz CT molecular complexity index is 1340. The van der Waals surface area contributed by atoms with Crippen molar-refractivity contribution in [2.45, 2.75) is 49.6 Å². The van der Waals surface area contributed by atoms with E-state index in [-0.39, 0.29) is 32.7 Å². The maximum absolute atomic E-state index is 13.6. The van der Waals surface area contributed by atoms with Gasteiger partial charge >= 0.3 is 0 Å². The van der Waals surface area contributed by atoms with Crippen LogP contribution >= 0.6 is 0 Å². The quantitative estimate of drug-likeness (QED) is 0.564. The van der Waals surface area contributed by atoms with Crippen molar-refractivity contribution in [3.63, 3.8) is 0 Å². The van der Waals surface area contributed by atoms with Gasteiger partial charge in [-0.3, -0.25) is 4.79 Å². The second-order valence-electron chi connectivity index (χ2n) is 9.34. The van der Waals surface area contributed by atoms with Crippen LogP contribution in [0.4, 0.5) is 5.82 Å². The molecular formula is C25H28N4O4S. The number of carbonyl (C=O) groups excluding carboxylic acids is 1. The summed E-state index contributed by atoms with van der Waals surface area (Å²) in [5.41, 5.74) is 6.34. The van der Waals surface area contributed by atoms with E-state index in [0.29, 0.717) is 18.2 Å². The van der Waals surface area contributed by atoms with Gasteiger partial charge in [-0.05, 0) is 57.4 Å². The highest BCUT2D eigenvalue weighted by Crippen LogP contribution is 2.39. The number of rotatable bonds is 6. The molecule has 0 saturated carbocycles. The number of benzene rings is 1. The number of nitrogens with two attached hydrogens (primary N) is 1. The summed E-state index contributed by atoms with van der Waals surface area (Å²) in [5.74, 6) is 0.422. The molecule has 1 saturated heterocycles. The van der Waals surface area contributed by atoms with Crippen molar-refractivity contribution in [2.75, 3.05) is 11.4 Å². The number of nitrogens with zero attached hydrogens (tertiary/aromatic N) is 3. The third-order valence-electron chi connectivity index (χ3n) is 5.97. The van der Waals surface area contributed by atoms with E-state index >= 15 is 0 Å². The number of hydrogen-bond donors (Lipinski definition) is 1. The zero-order chi connectivity index (χ0) is 24.7. The normalized spacial score (nSPS) is 17.5. The number of pyridine rings is 2. The fourth-order valence-electron chi connectivity index (χ4n) is 4.50. The average Bonchev–Trinajstić information content (AvgIpc) is 3.06. The van der Waals surface area contributed by atoms with Crippen LogP contribution in [0.3, 0.4) is 0 Å². The Labute approximate surface area is 199 Å². The van der Waals surface area contributed by atoms with Crippen LogP contribution in [0.2, 0.25) is 0 Å². The summed E-state index contributed by atoms with van der Waals surface area (Å²) < 4.78 is 33.0. The maximum Gasteiger partial charge on any atom is 0.253 e. The van der Waals surface area contributed by atoms with Gasteiger partial charge < -0.3 is 15.4 Å².